The summed E-state index contributed by atoms with van der Waals surface area (Å²) in [6.07, 6.45) is 1.03. The standard InChI is InChI=1S/C10H9NO3/c11-4-10(14)8-3-1-2-7(5-12)9(8)6-13/h1-3,5-6H,4,11H2. The fourth-order valence-corrected chi connectivity index (χ4v) is 1.17. The Morgan fingerprint density at radius 3 is 2.50 bits per heavy atom. The van der Waals surface area contributed by atoms with Gasteiger partial charge in [-0.05, 0) is 0 Å². The van der Waals surface area contributed by atoms with Crippen LogP contribution in [-0.2, 0) is 0 Å². The van der Waals surface area contributed by atoms with Gasteiger partial charge in [0.25, 0.3) is 0 Å². The highest BCUT2D eigenvalue weighted by atomic mass is 16.1. The smallest absolute Gasteiger partial charge is 0.177 e. The Labute approximate surface area is 80.7 Å². The monoisotopic (exact) mass is 191 g/mol. The summed E-state index contributed by atoms with van der Waals surface area (Å²) in [5.74, 6) is -0.351. The van der Waals surface area contributed by atoms with Crippen LogP contribution in [0, 0.1) is 0 Å². The third kappa shape index (κ3) is 1.75. The number of Topliss-reactive ketones (excluding diaryl/α,β-unsaturated/α-hetero) is 1. The van der Waals surface area contributed by atoms with Crippen LogP contribution in [0.1, 0.15) is 31.1 Å². The van der Waals surface area contributed by atoms with Gasteiger partial charge in [-0.15, -0.1) is 0 Å². The Morgan fingerprint density at radius 2 is 2.00 bits per heavy atom. The van der Waals surface area contributed by atoms with Crippen molar-refractivity contribution in [2.75, 3.05) is 6.54 Å². The number of carbonyl (C=O) groups is 3. The molecule has 0 spiro atoms. The molecule has 4 nitrogen and oxygen atoms in total. The minimum Gasteiger partial charge on any atom is -0.324 e. The Kier molecular flexibility index (Phi) is 3.25. The van der Waals surface area contributed by atoms with Crippen molar-refractivity contribution in [2.24, 2.45) is 5.73 Å². The van der Waals surface area contributed by atoms with E-state index in [1.165, 1.54) is 12.1 Å². The Balaban J connectivity index is 3.35. The number of rotatable bonds is 4. The van der Waals surface area contributed by atoms with Gasteiger partial charge in [-0.25, -0.2) is 0 Å². The van der Waals surface area contributed by atoms with Crippen molar-refractivity contribution >= 4 is 18.4 Å². The van der Waals surface area contributed by atoms with Crippen molar-refractivity contribution in [1.29, 1.82) is 0 Å². The highest BCUT2D eigenvalue weighted by molar-refractivity contribution is 6.07. The van der Waals surface area contributed by atoms with E-state index < -0.39 is 0 Å². The first-order chi connectivity index (χ1) is 6.74. The molecule has 72 valence electrons. The van der Waals surface area contributed by atoms with Crippen molar-refractivity contribution < 1.29 is 14.4 Å². The average Bonchev–Trinajstić information content (AvgIpc) is 2.26. The zero-order chi connectivity index (χ0) is 10.6. The third-order valence-corrected chi connectivity index (χ3v) is 1.87. The Hall–Kier alpha value is -1.81. The molecule has 0 amide bonds. The second-order valence-corrected chi connectivity index (χ2v) is 2.67. The molecule has 0 bridgehead atoms. The maximum Gasteiger partial charge on any atom is 0.177 e. The number of nitrogens with two attached hydrogens (primary N) is 1. The maximum atomic E-state index is 11.3. The van der Waals surface area contributed by atoms with E-state index in [9.17, 15) is 14.4 Å². The summed E-state index contributed by atoms with van der Waals surface area (Å²) in [5.41, 5.74) is 5.68. The number of hydrogen-bond acceptors (Lipinski definition) is 4. The SMILES string of the molecule is NCC(=O)c1cccc(C=O)c1C=O. The minimum atomic E-state index is -0.351. The van der Waals surface area contributed by atoms with Crippen molar-refractivity contribution in [3.63, 3.8) is 0 Å². The van der Waals surface area contributed by atoms with Crippen molar-refractivity contribution in [1.82, 2.24) is 0 Å². The van der Waals surface area contributed by atoms with Gasteiger partial charge in [0, 0.05) is 16.7 Å². The lowest BCUT2D eigenvalue weighted by Crippen LogP contribution is -2.16. The average molecular weight is 191 g/mol. The summed E-state index contributed by atoms with van der Waals surface area (Å²) in [5, 5.41) is 0. The normalized spacial score (nSPS) is 9.50. The molecule has 0 saturated carbocycles. The topological polar surface area (TPSA) is 77.2 Å². The first-order valence-corrected chi connectivity index (χ1v) is 4.01. The van der Waals surface area contributed by atoms with Gasteiger partial charge in [-0.1, -0.05) is 18.2 Å². The molecule has 0 aliphatic carbocycles. The molecule has 0 atom stereocenters. The summed E-state index contributed by atoms with van der Waals surface area (Å²) in [6.45, 7) is -0.177. The molecular weight excluding hydrogens is 182 g/mol. The van der Waals surface area contributed by atoms with Crippen LogP contribution in [0.5, 0.6) is 0 Å². The van der Waals surface area contributed by atoms with Gasteiger partial charge in [-0.2, -0.15) is 0 Å². The van der Waals surface area contributed by atoms with E-state index in [0.717, 1.165) is 0 Å². The van der Waals surface area contributed by atoms with Crippen molar-refractivity contribution in [3.8, 4) is 0 Å². The Bertz CT molecular complexity index is 385. The van der Waals surface area contributed by atoms with E-state index >= 15 is 0 Å². The molecule has 14 heavy (non-hydrogen) atoms. The van der Waals surface area contributed by atoms with E-state index in [1.54, 1.807) is 6.07 Å². The van der Waals surface area contributed by atoms with Gasteiger partial charge < -0.3 is 5.73 Å². The molecule has 1 aromatic rings. The molecular formula is C10H9NO3. The highest BCUT2D eigenvalue weighted by Crippen LogP contribution is 2.11. The van der Waals surface area contributed by atoms with Crippen LogP contribution >= 0.6 is 0 Å². The number of ketones is 1. The molecule has 1 aromatic carbocycles. The molecule has 0 unspecified atom stereocenters. The fourth-order valence-electron chi connectivity index (χ4n) is 1.17. The van der Waals surface area contributed by atoms with Gasteiger partial charge in [0.05, 0.1) is 6.54 Å². The predicted octanol–water partition coefficient (Wildman–Crippen LogP) is 0.453. The zero-order valence-electron chi connectivity index (χ0n) is 7.40. The van der Waals surface area contributed by atoms with E-state index in [-0.39, 0.29) is 29.0 Å². The van der Waals surface area contributed by atoms with E-state index in [1.807, 2.05) is 0 Å². The van der Waals surface area contributed by atoms with Crippen molar-refractivity contribution in [3.05, 3.63) is 34.9 Å². The van der Waals surface area contributed by atoms with Gasteiger partial charge in [0.2, 0.25) is 0 Å². The second kappa shape index (κ2) is 4.43. The van der Waals surface area contributed by atoms with Gasteiger partial charge in [0.15, 0.2) is 18.4 Å². The van der Waals surface area contributed by atoms with Crippen LogP contribution in [0.25, 0.3) is 0 Å². The molecule has 0 heterocycles. The summed E-state index contributed by atoms with van der Waals surface area (Å²) >= 11 is 0. The lowest BCUT2D eigenvalue weighted by molar-refractivity contribution is 0.0994. The lowest BCUT2D eigenvalue weighted by atomic mass is 10.00. The molecule has 1 rings (SSSR count). The van der Waals surface area contributed by atoms with E-state index in [4.69, 9.17) is 5.73 Å². The van der Waals surface area contributed by atoms with Crippen LogP contribution in [0.2, 0.25) is 0 Å². The minimum absolute atomic E-state index is 0.109. The number of aldehydes is 2. The van der Waals surface area contributed by atoms with Crippen LogP contribution in [0.3, 0.4) is 0 Å². The number of hydrogen-bond donors (Lipinski definition) is 1. The summed E-state index contributed by atoms with van der Waals surface area (Å²) in [4.78, 5) is 32.5. The molecule has 0 aromatic heterocycles. The van der Waals surface area contributed by atoms with Crippen LogP contribution in [0.4, 0.5) is 0 Å². The Morgan fingerprint density at radius 1 is 1.29 bits per heavy atom. The second-order valence-electron chi connectivity index (χ2n) is 2.67. The van der Waals surface area contributed by atoms with Crippen LogP contribution < -0.4 is 5.73 Å². The first kappa shape index (κ1) is 10.3. The largest absolute Gasteiger partial charge is 0.324 e. The maximum absolute atomic E-state index is 11.3. The van der Waals surface area contributed by atoms with Gasteiger partial charge >= 0.3 is 0 Å². The quantitative estimate of drug-likeness (QED) is 0.553. The molecule has 0 saturated heterocycles. The van der Waals surface area contributed by atoms with Gasteiger partial charge in [-0.3, -0.25) is 14.4 Å². The van der Waals surface area contributed by atoms with E-state index in [0.29, 0.717) is 12.6 Å². The first-order valence-electron chi connectivity index (χ1n) is 4.01. The summed E-state index contributed by atoms with van der Waals surface area (Å²) in [6, 6.07) is 4.50. The zero-order valence-corrected chi connectivity index (χ0v) is 7.40. The van der Waals surface area contributed by atoms with Crippen molar-refractivity contribution in [2.45, 2.75) is 0 Å². The summed E-state index contributed by atoms with van der Waals surface area (Å²) < 4.78 is 0. The lowest BCUT2D eigenvalue weighted by Gasteiger charge is -2.03. The van der Waals surface area contributed by atoms with Crippen LogP contribution in [0.15, 0.2) is 18.2 Å². The molecule has 4 heteroatoms. The number of carbonyl (C=O) groups excluding carboxylic acids is 3. The predicted molar refractivity (Wildman–Crippen MR) is 50.6 cm³/mol. The van der Waals surface area contributed by atoms with E-state index in [2.05, 4.69) is 0 Å². The van der Waals surface area contributed by atoms with Gasteiger partial charge in [0.1, 0.15) is 0 Å². The molecule has 2 N–H and O–H groups in total. The molecule has 0 radical (unpaired) electrons. The van der Waals surface area contributed by atoms with Crippen LogP contribution in [-0.4, -0.2) is 24.9 Å². The summed E-state index contributed by atoms with van der Waals surface area (Å²) in [7, 11) is 0. The highest BCUT2D eigenvalue weighted by Gasteiger charge is 2.12. The third-order valence-electron chi connectivity index (χ3n) is 1.87. The number of benzene rings is 1. The molecule has 0 aliphatic heterocycles. The molecule has 0 aliphatic rings. The fraction of sp³-hybridized carbons (Fsp3) is 0.100. The molecule has 0 fully saturated rings.